The number of nitrogens with zero attached hydrogens (tertiary/aromatic N) is 1. The van der Waals surface area contributed by atoms with Crippen LogP contribution in [0.1, 0.15) is 15.9 Å². The van der Waals surface area contributed by atoms with E-state index < -0.39 is 5.91 Å². The van der Waals surface area contributed by atoms with Crippen LogP contribution in [0.15, 0.2) is 41.3 Å². The molecule has 0 saturated heterocycles. The van der Waals surface area contributed by atoms with Crippen LogP contribution in [0.3, 0.4) is 0 Å². The predicted molar refractivity (Wildman–Crippen MR) is 73.9 cm³/mol. The van der Waals surface area contributed by atoms with Gasteiger partial charge in [-0.2, -0.15) is 0 Å². The lowest BCUT2D eigenvalue weighted by Crippen LogP contribution is -2.31. The van der Waals surface area contributed by atoms with E-state index in [9.17, 15) is 14.0 Å². The van der Waals surface area contributed by atoms with Crippen molar-refractivity contribution < 1.29 is 9.18 Å². The van der Waals surface area contributed by atoms with Crippen LogP contribution in [0.25, 0.3) is 0 Å². The molecule has 0 aliphatic carbocycles. The second-order valence-corrected chi connectivity index (χ2v) is 4.36. The minimum atomic E-state index is -0.413. The topological polar surface area (TPSA) is 63.1 Å². The fourth-order valence-corrected chi connectivity index (χ4v) is 1.67. The fraction of sp³-hybridized carbons (Fsp3) is 0.143. The quantitative estimate of drug-likeness (QED) is 0.836. The number of aryl methyl sites for hydroxylation is 1. The predicted octanol–water partition coefficient (Wildman–Crippen LogP) is 1.59. The van der Waals surface area contributed by atoms with Gasteiger partial charge in [0.25, 0.3) is 5.91 Å². The summed E-state index contributed by atoms with van der Waals surface area (Å²) in [5, 5.41) is 0. The van der Waals surface area contributed by atoms with E-state index in [-0.39, 0.29) is 11.4 Å². The number of benzene rings is 1. The second-order valence-electron chi connectivity index (χ2n) is 4.36. The van der Waals surface area contributed by atoms with Crippen molar-refractivity contribution in [1.82, 2.24) is 9.99 Å². The number of pyridine rings is 1. The molecule has 0 aliphatic rings. The summed E-state index contributed by atoms with van der Waals surface area (Å²) in [6, 6.07) is 7.28. The Kier molecular flexibility index (Phi) is 3.84. The van der Waals surface area contributed by atoms with Crippen molar-refractivity contribution in [2.24, 2.45) is 7.05 Å². The minimum absolute atomic E-state index is 0.199. The highest BCUT2D eigenvalue weighted by Gasteiger charge is 2.08. The number of rotatable bonds is 3. The van der Waals surface area contributed by atoms with E-state index >= 15 is 0 Å². The lowest BCUT2D eigenvalue weighted by molar-refractivity contribution is 0.0962. The fourth-order valence-electron chi connectivity index (χ4n) is 1.67. The Morgan fingerprint density at radius 1 is 1.25 bits per heavy atom. The first-order valence-electron chi connectivity index (χ1n) is 5.97. The normalized spacial score (nSPS) is 10.2. The third-order valence-corrected chi connectivity index (χ3v) is 2.93. The summed E-state index contributed by atoms with van der Waals surface area (Å²) in [6.07, 6.45) is 1.43. The van der Waals surface area contributed by atoms with Gasteiger partial charge in [0, 0.05) is 24.9 Å². The van der Waals surface area contributed by atoms with Gasteiger partial charge in [0.2, 0.25) is 5.56 Å². The molecule has 2 rings (SSSR count). The maximum absolute atomic E-state index is 13.3. The summed E-state index contributed by atoms with van der Waals surface area (Å²) in [6.45, 7) is 1.61. The molecule has 0 spiro atoms. The molecule has 1 aromatic carbocycles. The summed E-state index contributed by atoms with van der Waals surface area (Å²) in [5.74, 6) is -0.768. The first kappa shape index (κ1) is 13.8. The van der Waals surface area contributed by atoms with Crippen molar-refractivity contribution in [3.8, 4) is 0 Å². The van der Waals surface area contributed by atoms with E-state index in [4.69, 9.17) is 0 Å². The lowest BCUT2D eigenvalue weighted by Gasteiger charge is -2.11. The number of halogens is 1. The highest BCUT2D eigenvalue weighted by Crippen LogP contribution is 2.16. The SMILES string of the molecule is Cc1c(F)cccc1NNC(=O)c1ccc(=O)n(C)c1. The Labute approximate surface area is 115 Å². The molecule has 0 atom stereocenters. The van der Waals surface area contributed by atoms with Crippen LogP contribution in [0.5, 0.6) is 0 Å². The number of aromatic nitrogens is 1. The van der Waals surface area contributed by atoms with E-state index in [2.05, 4.69) is 10.9 Å². The minimum Gasteiger partial charge on any atom is -0.318 e. The van der Waals surface area contributed by atoms with Gasteiger partial charge < -0.3 is 4.57 Å². The molecule has 1 heterocycles. The summed E-state index contributed by atoms with van der Waals surface area (Å²) in [5.41, 5.74) is 6.13. The van der Waals surface area contributed by atoms with E-state index in [0.717, 1.165) is 0 Å². The zero-order valence-electron chi connectivity index (χ0n) is 11.1. The lowest BCUT2D eigenvalue weighted by atomic mass is 10.2. The molecule has 1 aromatic heterocycles. The van der Waals surface area contributed by atoms with Gasteiger partial charge in [-0.1, -0.05) is 6.07 Å². The van der Waals surface area contributed by atoms with Crippen molar-refractivity contribution in [3.63, 3.8) is 0 Å². The van der Waals surface area contributed by atoms with Gasteiger partial charge in [-0.25, -0.2) is 4.39 Å². The van der Waals surface area contributed by atoms with Crippen LogP contribution in [0.2, 0.25) is 0 Å². The molecule has 6 heteroatoms. The van der Waals surface area contributed by atoms with Crippen molar-refractivity contribution in [2.45, 2.75) is 6.92 Å². The molecule has 2 N–H and O–H groups in total. The van der Waals surface area contributed by atoms with Crippen LogP contribution < -0.4 is 16.4 Å². The van der Waals surface area contributed by atoms with Crippen molar-refractivity contribution >= 4 is 11.6 Å². The summed E-state index contributed by atoms with van der Waals surface area (Å²) in [4.78, 5) is 23.1. The molecule has 20 heavy (non-hydrogen) atoms. The number of amides is 1. The van der Waals surface area contributed by atoms with Gasteiger partial charge in [-0.3, -0.25) is 20.4 Å². The van der Waals surface area contributed by atoms with Gasteiger partial charge in [-0.15, -0.1) is 0 Å². The molecular formula is C14H14FN3O2. The molecule has 1 amide bonds. The Morgan fingerprint density at radius 3 is 2.70 bits per heavy atom. The smallest absolute Gasteiger partial charge is 0.271 e. The second kappa shape index (κ2) is 5.56. The third kappa shape index (κ3) is 2.85. The van der Waals surface area contributed by atoms with Gasteiger partial charge in [0.1, 0.15) is 5.82 Å². The molecule has 104 valence electrons. The molecule has 0 fully saturated rings. The monoisotopic (exact) mass is 275 g/mol. The zero-order chi connectivity index (χ0) is 14.7. The number of nitrogens with one attached hydrogen (secondary N) is 2. The average Bonchev–Trinajstić information content (AvgIpc) is 2.43. The highest BCUT2D eigenvalue weighted by molar-refractivity contribution is 5.94. The van der Waals surface area contributed by atoms with Crippen molar-refractivity contribution in [1.29, 1.82) is 0 Å². The van der Waals surface area contributed by atoms with Gasteiger partial charge >= 0.3 is 0 Å². The third-order valence-electron chi connectivity index (χ3n) is 2.93. The Morgan fingerprint density at radius 2 is 2.00 bits per heavy atom. The first-order valence-corrected chi connectivity index (χ1v) is 5.97. The van der Waals surface area contributed by atoms with Gasteiger partial charge in [0.15, 0.2) is 0 Å². The average molecular weight is 275 g/mol. The Balaban J connectivity index is 2.10. The Hall–Kier alpha value is -2.63. The molecule has 0 radical (unpaired) electrons. The van der Waals surface area contributed by atoms with Gasteiger partial charge in [0.05, 0.1) is 11.3 Å². The maximum atomic E-state index is 13.3. The van der Waals surface area contributed by atoms with E-state index in [1.807, 2.05) is 0 Å². The maximum Gasteiger partial charge on any atom is 0.271 e. The number of anilines is 1. The van der Waals surface area contributed by atoms with E-state index in [0.29, 0.717) is 16.8 Å². The van der Waals surface area contributed by atoms with Crippen LogP contribution in [-0.4, -0.2) is 10.5 Å². The molecule has 0 saturated carbocycles. The highest BCUT2D eigenvalue weighted by atomic mass is 19.1. The molecule has 2 aromatic rings. The van der Waals surface area contributed by atoms with Crippen LogP contribution in [0, 0.1) is 12.7 Å². The van der Waals surface area contributed by atoms with Gasteiger partial charge in [-0.05, 0) is 25.1 Å². The molecular weight excluding hydrogens is 261 g/mol. The number of carbonyl (C=O) groups is 1. The first-order chi connectivity index (χ1) is 9.49. The van der Waals surface area contributed by atoms with E-state index in [1.54, 1.807) is 26.1 Å². The van der Waals surface area contributed by atoms with Crippen molar-refractivity contribution in [3.05, 3.63) is 63.8 Å². The van der Waals surface area contributed by atoms with Crippen LogP contribution in [0.4, 0.5) is 10.1 Å². The summed E-state index contributed by atoms with van der Waals surface area (Å²) >= 11 is 0. The summed E-state index contributed by atoms with van der Waals surface area (Å²) < 4.78 is 14.6. The number of hydrogen-bond acceptors (Lipinski definition) is 3. The van der Waals surface area contributed by atoms with Crippen LogP contribution in [-0.2, 0) is 7.05 Å². The molecule has 0 bridgehead atoms. The van der Waals surface area contributed by atoms with E-state index in [1.165, 1.54) is 29.0 Å². The van der Waals surface area contributed by atoms with Crippen LogP contribution >= 0.6 is 0 Å². The number of hydrogen-bond donors (Lipinski definition) is 2. The number of carbonyl (C=O) groups excluding carboxylic acids is 1. The zero-order valence-corrected chi connectivity index (χ0v) is 11.1. The largest absolute Gasteiger partial charge is 0.318 e. The summed E-state index contributed by atoms with van der Waals surface area (Å²) in [7, 11) is 1.56. The molecule has 0 aliphatic heterocycles. The van der Waals surface area contributed by atoms with Crippen molar-refractivity contribution in [2.75, 3.05) is 5.43 Å². The Bertz CT molecular complexity index is 710. The number of hydrazine groups is 1. The standard InChI is InChI=1S/C14H14FN3O2/c1-9-11(15)4-3-5-12(9)16-17-14(20)10-6-7-13(19)18(2)8-10/h3-8,16H,1-2H3,(H,17,20). The molecule has 0 unspecified atom stereocenters. The molecule has 5 nitrogen and oxygen atoms in total.